The first-order valence-corrected chi connectivity index (χ1v) is 7.18. The first kappa shape index (κ1) is 15.0. The molecule has 1 heterocycles. The Morgan fingerprint density at radius 3 is 2.90 bits per heavy atom. The molecular formula is C14H17BrFN3O. The monoisotopic (exact) mass is 341 g/mol. The molecule has 0 unspecified atom stereocenters. The summed E-state index contributed by atoms with van der Waals surface area (Å²) in [5.41, 5.74) is 1.81. The van der Waals surface area contributed by atoms with Crippen LogP contribution in [0.4, 0.5) is 4.39 Å². The van der Waals surface area contributed by atoms with Gasteiger partial charge in [-0.05, 0) is 31.7 Å². The van der Waals surface area contributed by atoms with Gasteiger partial charge < -0.3 is 10.1 Å². The Kier molecular flexibility index (Phi) is 4.77. The van der Waals surface area contributed by atoms with Crippen LogP contribution < -0.4 is 10.1 Å². The third-order valence-electron chi connectivity index (χ3n) is 2.94. The van der Waals surface area contributed by atoms with Crippen LogP contribution in [0.3, 0.4) is 0 Å². The molecule has 2 rings (SSSR count). The van der Waals surface area contributed by atoms with Gasteiger partial charge in [-0.1, -0.05) is 22.9 Å². The van der Waals surface area contributed by atoms with Crippen molar-refractivity contribution in [2.75, 3.05) is 6.54 Å². The van der Waals surface area contributed by atoms with Crippen LogP contribution in [0.1, 0.15) is 18.2 Å². The number of hydrogen-bond acceptors (Lipinski definition) is 3. The van der Waals surface area contributed by atoms with Gasteiger partial charge in [0.2, 0.25) is 5.88 Å². The van der Waals surface area contributed by atoms with Crippen molar-refractivity contribution < 1.29 is 9.13 Å². The fraction of sp³-hybridized carbons (Fsp3) is 0.357. The lowest BCUT2D eigenvalue weighted by Crippen LogP contribution is -2.13. The SMILES string of the molecule is CCNCc1c(C)nn(C)c1Oc1cc(Br)ccc1F. The lowest BCUT2D eigenvalue weighted by Gasteiger charge is -2.10. The molecule has 0 atom stereocenters. The Morgan fingerprint density at radius 1 is 1.45 bits per heavy atom. The van der Waals surface area contributed by atoms with E-state index in [1.807, 2.05) is 13.8 Å². The molecule has 0 saturated carbocycles. The van der Waals surface area contributed by atoms with Gasteiger partial charge in [-0.15, -0.1) is 0 Å². The Bertz CT molecular complexity index is 613. The molecule has 1 aromatic heterocycles. The third kappa shape index (κ3) is 3.19. The topological polar surface area (TPSA) is 39.1 Å². The minimum absolute atomic E-state index is 0.181. The molecule has 0 bridgehead atoms. The molecule has 0 aliphatic carbocycles. The van der Waals surface area contributed by atoms with Gasteiger partial charge in [-0.25, -0.2) is 9.07 Å². The van der Waals surface area contributed by atoms with E-state index in [2.05, 4.69) is 26.3 Å². The molecule has 108 valence electrons. The van der Waals surface area contributed by atoms with E-state index in [1.165, 1.54) is 6.07 Å². The third-order valence-corrected chi connectivity index (χ3v) is 3.43. The van der Waals surface area contributed by atoms with Gasteiger partial charge in [-0.2, -0.15) is 5.10 Å². The highest BCUT2D eigenvalue weighted by atomic mass is 79.9. The Balaban J connectivity index is 2.35. The summed E-state index contributed by atoms with van der Waals surface area (Å²) in [7, 11) is 1.79. The van der Waals surface area contributed by atoms with E-state index in [9.17, 15) is 4.39 Å². The van der Waals surface area contributed by atoms with E-state index < -0.39 is 5.82 Å². The second kappa shape index (κ2) is 6.37. The molecule has 20 heavy (non-hydrogen) atoms. The molecule has 0 fully saturated rings. The Morgan fingerprint density at radius 2 is 2.20 bits per heavy atom. The predicted molar refractivity (Wildman–Crippen MR) is 79.5 cm³/mol. The number of halogens is 2. The summed E-state index contributed by atoms with van der Waals surface area (Å²) < 4.78 is 21.9. The van der Waals surface area contributed by atoms with E-state index in [4.69, 9.17) is 4.74 Å². The van der Waals surface area contributed by atoms with Crippen molar-refractivity contribution in [3.8, 4) is 11.6 Å². The van der Waals surface area contributed by atoms with Crippen LogP contribution in [-0.2, 0) is 13.6 Å². The second-order valence-electron chi connectivity index (χ2n) is 4.45. The molecule has 0 aliphatic heterocycles. The van der Waals surface area contributed by atoms with Gasteiger partial charge in [0.1, 0.15) is 0 Å². The molecule has 2 aromatic rings. The van der Waals surface area contributed by atoms with E-state index in [1.54, 1.807) is 23.9 Å². The zero-order valence-electron chi connectivity index (χ0n) is 11.7. The predicted octanol–water partition coefficient (Wildman–Crippen LogP) is 3.53. The van der Waals surface area contributed by atoms with E-state index >= 15 is 0 Å². The summed E-state index contributed by atoms with van der Waals surface area (Å²) in [6.07, 6.45) is 0. The number of nitrogens with zero attached hydrogens (tertiary/aromatic N) is 2. The Hall–Kier alpha value is -1.40. The number of aryl methyl sites for hydroxylation is 2. The summed E-state index contributed by atoms with van der Waals surface area (Å²) in [4.78, 5) is 0. The van der Waals surface area contributed by atoms with E-state index in [0.29, 0.717) is 12.4 Å². The largest absolute Gasteiger partial charge is 0.436 e. The normalized spacial score (nSPS) is 10.8. The highest BCUT2D eigenvalue weighted by molar-refractivity contribution is 9.10. The number of ether oxygens (including phenoxy) is 1. The number of hydrogen-bond donors (Lipinski definition) is 1. The first-order chi connectivity index (χ1) is 9.52. The van der Waals surface area contributed by atoms with Gasteiger partial charge >= 0.3 is 0 Å². The van der Waals surface area contributed by atoms with Crippen molar-refractivity contribution in [3.05, 3.63) is 39.7 Å². The number of aromatic nitrogens is 2. The zero-order valence-corrected chi connectivity index (χ0v) is 13.3. The van der Waals surface area contributed by atoms with Crippen LogP contribution in [0, 0.1) is 12.7 Å². The van der Waals surface area contributed by atoms with Crippen molar-refractivity contribution >= 4 is 15.9 Å². The fourth-order valence-corrected chi connectivity index (χ4v) is 2.26. The average molecular weight is 342 g/mol. The van der Waals surface area contributed by atoms with Crippen molar-refractivity contribution in [3.63, 3.8) is 0 Å². The molecule has 1 N–H and O–H groups in total. The van der Waals surface area contributed by atoms with Crippen LogP contribution in [0.15, 0.2) is 22.7 Å². The molecule has 0 spiro atoms. The summed E-state index contributed by atoms with van der Waals surface area (Å²) in [6.45, 7) is 5.43. The van der Waals surface area contributed by atoms with Gasteiger partial charge in [-0.3, -0.25) is 0 Å². The minimum Gasteiger partial charge on any atom is -0.436 e. The van der Waals surface area contributed by atoms with Crippen molar-refractivity contribution in [2.24, 2.45) is 7.05 Å². The number of rotatable bonds is 5. The maximum atomic E-state index is 13.8. The maximum absolute atomic E-state index is 13.8. The minimum atomic E-state index is -0.401. The van der Waals surface area contributed by atoms with Crippen LogP contribution in [-0.4, -0.2) is 16.3 Å². The summed E-state index contributed by atoms with van der Waals surface area (Å²) >= 11 is 3.31. The van der Waals surface area contributed by atoms with Gasteiger partial charge in [0.25, 0.3) is 0 Å². The Labute approximate surface area is 126 Å². The van der Waals surface area contributed by atoms with Gasteiger partial charge in [0.15, 0.2) is 11.6 Å². The first-order valence-electron chi connectivity index (χ1n) is 6.39. The van der Waals surface area contributed by atoms with Crippen LogP contribution in [0.25, 0.3) is 0 Å². The molecular weight excluding hydrogens is 325 g/mol. The lowest BCUT2D eigenvalue weighted by molar-refractivity contribution is 0.398. The lowest BCUT2D eigenvalue weighted by atomic mass is 10.2. The summed E-state index contributed by atoms with van der Waals surface area (Å²) in [5, 5.41) is 7.56. The maximum Gasteiger partial charge on any atom is 0.222 e. The van der Waals surface area contributed by atoms with Gasteiger partial charge in [0.05, 0.1) is 11.3 Å². The molecule has 4 nitrogen and oxygen atoms in total. The van der Waals surface area contributed by atoms with Crippen LogP contribution >= 0.6 is 15.9 Å². The fourth-order valence-electron chi connectivity index (χ4n) is 1.92. The van der Waals surface area contributed by atoms with Gasteiger partial charge in [0, 0.05) is 18.1 Å². The highest BCUT2D eigenvalue weighted by Gasteiger charge is 2.16. The molecule has 6 heteroatoms. The van der Waals surface area contributed by atoms with Crippen molar-refractivity contribution in [1.29, 1.82) is 0 Å². The van der Waals surface area contributed by atoms with Crippen LogP contribution in [0.2, 0.25) is 0 Å². The summed E-state index contributed by atoms with van der Waals surface area (Å²) in [6, 6.07) is 4.61. The molecule has 0 aliphatic rings. The smallest absolute Gasteiger partial charge is 0.222 e. The van der Waals surface area contributed by atoms with E-state index in [0.717, 1.165) is 22.3 Å². The molecule has 0 amide bonds. The quantitative estimate of drug-likeness (QED) is 0.904. The number of nitrogens with one attached hydrogen (secondary N) is 1. The molecule has 0 saturated heterocycles. The van der Waals surface area contributed by atoms with Crippen molar-refractivity contribution in [1.82, 2.24) is 15.1 Å². The number of benzene rings is 1. The average Bonchev–Trinajstić information content (AvgIpc) is 2.66. The molecule has 1 aromatic carbocycles. The van der Waals surface area contributed by atoms with Crippen molar-refractivity contribution in [2.45, 2.75) is 20.4 Å². The molecule has 0 radical (unpaired) electrons. The van der Waals surface area contributed by atoms with E-state index in [-0.39, 0.29) is 5.75 Å². The highest BCUT2D eigenvalue weighted by Crippen LogP contribution is 2.30. The zero-order chi connectivity index (χ0) is 14.7. The second-order valence-corrected chi connectivity index (χ2v) is 5.37. The van der Waals surface area contributed by atoms with Crippen LogP contribution in [0.5, 0.6) is 11.6 Å². The standard InChI is InChI=1S/C14H17BrFN3O/c1-4-17-8-11-9(2)18-19(3)14(11)20-13-7-10(15)5-6-12(13)16/h5-7,17H,4,8H2,1-3H3. The summed E-state index contributed by atoms with van der Waals surface area (Å²) in [5.74, 6) is 0.335.